The van der Waals surface area contributed by atoms with Gasteiger partial charge in [0.2, 0.25) is 0 Å². The van der Waals surface area contributed by atoms with Crippen LogP contribution in [0.15, 0.2) is 0 Å². The first-order valence-corrected chi connectivity index (χ1v) is 4.92. The number of hydrogen-bond donors (Lipinski definition) is 0. The summed E-state index contributed by atoms with van der Waals surface area (Å²) in [7, 11) is 1.76. The molecular weight excluding hydrogens is 150 g/mol. The van der Waals surface area contributed by atoms with Crippen molar-refractivity contribution in [2.45, 2.75) is 27.2 Å². The summed E-state index contributed by atoms with van der Waals surface area (Å²) in [6.45, 7) is 11.0. The van der Waals surface area contributed by atoms with Crippen LogP contribution in [0.5, 0.6) is 0 Å². The summed E-state index contributed by atoms with van der Waals surface area (Å²) in [4.78, 5) is 2.43. The largest absolute Gasteiger partial charge is 0.383 e. The van der Waals surface area contributed by atoms with Gasteiger partial charge in [-0.15, -0.1) is 0 Å². The first-order valence-electron chi connectivity index (χ1n) is 4.92. The van der Waals surface area contributed by atoms with Gasteiger partial charge in [-0.3, -0.25) is 0 Å². The van der Waals surface area contributed by atoms with Crippen LogP contribution in [0.25, 0.3) is 0 Å². The van der Waals surface area contributed by atoms with E-state index in [0.29, 0.717) is 0 Å². The van der Waals surface area contributed by atoms with Gasteiger partial charge < -0.3 is 9.64 Å². The van der Waals surface area contributed by atoms with Crippen LogP contribution in [0.3, 0.4) is 0 Å². The molecule has 0 heterocycles. The zero-order valence-corrected chi connectivity index (χ0v) is 8.97. The maximum absolute atomic E-state index is 5.04. The van der Waals surface area contributed by atoms with Crippen molar-refractivity contribution in [2.75, 3.05) is 33.4 Å². The van der Waals surface area contributed by atoms with Crippen molar-refractivity contribution in [3.05, 3.63) is 0 Å². The van der Waals surface area contributed by atoms with E-state index in [1.165, 1.54) is 13.0 Å². The van der Waals surface area contributed by atoms with Gasteiger partial charge in [0.05, 0.1) is 6.61 Å². The van der Waals surface area contributed by atoms with Crippen molar-refractivity contribution in [1.29, 1.82) is 0 Å². The van der Waals surface area contributed by atoms with E-state index in [-0.39, 0.29) is 0 Å². The van der Waals surface area contributed by atoms with Crippen molar-refractivity contribution < 1.29 is 4.74 Å². The summed E-state index contributed by atoms with van der Waals surface area (Å²) < 4.78 is 5.04. The van der Waals surface area contributed by atoms with Gasteiger partial charge >= 0.3 is 0 Å². The molecule has 0 N–H and O–H groups in total. The Balaban J connectivity index is 3.39. The molecule has 2 nitrogen and oxygen atoms in total. The highest BCUT2D eigenvalue weighted by Gasteiger charge is 2.02. The third-order valence-corrected chi connectivity index (χ3v) is 2.08. The molecule has 0 radical (unpaired) electrons. The highest BCUT2D eigenvalue weighted by atomic mass is 16.5. The third kappa shape index (κ3) is 6.62. The Labute approximate surface area is 76.9 Å². The van der Waals surface area contributed by atoms with E-state index in [0.717, 1.165) is 25.6 Å². The molecule has 0 aliphatic carbocycles. The monoisotopic (exact) mass is 173 g/mol. The van der Waals surface area contributed by atoms with Crippen LogP contribution in [-0.2, 0) is 4.74 Å². The van der Waals surface area contributed by atoms with E-state index < -0.39 is 0 Å². The van der Waals surface area contributed by atoms with Crippen LogP contribution >= 0.6 is 0 Å². The van der Waals surface area contributed by atoms with E-state index in [1.807, 2.05) is 0 Å². The fraction of sp³-hybridized carbons (Fsp3) is 1.00. The minimum absolute atomic E-state index is 0.807. The number of rotatable bonds is 7. The van der Waals surface area contributed by atoms with Gasteiger partial charge in [-0.05, 0) is 25.4 Å². The van der Waals surface area contributed by atoms with Crippen LogP contribution in [0.1, 0.15) is 27.2 Å². The maximum Gasteiger partial charge on any atom is 0.0589 e. The summed E-state index contributed by atoms with van der Waals surface area (Å²) in [5, 5.41) is 0. The predicted molar refractivity (Wildman–Crippen MR) is 53.4 cm³/mol. The van der Waals surface area contributed by atoms with Crippen molar-refractivity contribution >= 4 is 0 Å². The Kier molecular flexibility index (Phi) is 7.51. The second-order valence-electron chi connectivity index (χ2n) is 3.61. The van der Waals surface area contributed by atoms with Gasteiger partial charge in [0, 0.05) is 13.7 Å². The van der Waals surface area contributed by atoms with Gasteiger partial charge in [-0.25, -0.2) is 0 Å². The van der Waals surface area contributed by atoms with Crippen LogP contribution in [0.2, 0.25) is 0 Å². The van der Waals surface area contributed by atoms with Gasteiger partial charge in [0.1, 0.15) is 0 Å². The Morgan fingerprint density at radius 3 is 2.33 bits per heavy atom. The standard InChI is InChI=1S/C10H23NO/c1-5-11(8-9-12-4)7-6-10(2)3/h10H,5-9H2,1-4H3. The molecule has 12 heavy (non-hydrogen) atoms. The minimum atomic E-state index is 0.807. The molecule has 0 saturated carbocycles. The molecule has 0 fully saturated rings. The Morgan fingerprint density at radius 2 is 1.92 bits per heavy atom. The molecule has 0 aromatic heterocycles. The van der Waals surface area contributed by atoms with Crippen LogP contribution in [0.4, 0.5) is 0 Å². The molecule has 74 valence electrons. The number of methoxy groups -OCH3 is 1. The number of nitrogens with zero attached hydrogens (tertiary/aromatic N) is 1. The molecule has 0 aromatic carbocycles. The predicted octanol–water partition coefficient (Wildman–Crippen LogP) is 2.00. The van der Waals surface area contributed by atoms with E-state index in [2.05, 4.69) is 25.7 Å². The Hall–Kier alpha value is -0.0800. The zero-order valence-electron chi connectivity index (χ0n) is 8.97. The molecule has 0 amide bonds. The lowest BCUT2D eigenvalue weighted by Gasteiger charge is -2.20. The van der Waals surface area contributed by atoms with Gasteiger partial charge in [-0.2, -0.15) is 0 Å². The molecule has 2 heteroatoms. The molecule has 0 aromatic rings. The summed E-state index contributed by atoms with van der Waals surface area (Å²) in [6, 6.07) is 0. The highest BCUT2D eigenvalue weighted by Crippen LogP contribution is 2.01. The van der Waals surface area contributed by atoms with Gasteiger partial charge in [0.25, 0.3) is 0 Å². The van der Waals surface area contributed by atoms with Gasteiger partial charge in [-0.1, -0.05) is 20.8 Å². The first-order chi connectivity index (χ1) is 5.70. The number of ether oxygens (including phenoxy) is 1. The van der Waals surface area contributed by atoms with Crippen LogP contribution in [0, 0.1) is 5.92 Å². The lowest BCUT2D eigenvalue weighted by molar-refractivity contribution is 0.148. The van der Waals surface area contributed by atoms with Crippen molar-refractivity contribution in [3.63, 3.8) is 0 Å². The Bertz CT molecular complexity index is 93.8. The summed E-state index contributed by atoms with van der Waals surface area (Å²) in [5.41, 5.74) is 0. The average molecular weight is 173 g/mol. The highest BCUT2D eigenvalue weighted by molar-refractivity contribution is 4.56. The fourth-order valence-corrected chi connectivity index (χ4v) is 1.09. The lowest BCUT2D eigenvalue weighted by Crippen LogP contribution is -2.28. The van der Waals surface area contributed by atoms with Crippen LogP contribution < -0.4 is 0 Å². The van der Waals surface area contributed by atoms with Crippen molar-refractivity contribution in [3.8, 4) is 0 Å². The zero-order chi connectivity index (χ0) is 9.40. The quantitative estimate of drug-likeness (QED) is 0.584. The summed E-state index contributed by atoms with van der Waals surface area (Å²) in [6.07, 6.45) is 1.29. The maximum atomic E-state index is 5.04. The molecule has 0 bridgehead atoms. The van der Waals surface area contributed by atoms with Crippen molar-refractivity contribution in [1.82, 2.24) is 4.90 Å². The smallest absolute Gasteiger partial charge is 0.0589 e. The fourth-order valence-electron chi connectivity index (χ4n) is 1.09. The van der Waals surface area contributed by atoms with E-state index in [9.17, 15) is 0 Å². The molecule has 0 spiro atoms. The number of hydrogen-bond acceptors (Lipinski definition) is 2. The van der Waals surface area contributed by atoms with Gasteiger partial charge in [0.15, 0.2) is 0 Å². The third-order valence-electron chi connectivity index (χ3n) is 2.08. The Morgan fingerprint density at radius 1 is 1.25 bits per heavy atom. The second kappa shape index (κ2) is 7.56. The van der Waals surface area contributed by atoms with E-state index in [1.54, 1.807) is 7.11 Å². The normalized spacial score (nSPS) is 11.5. The topological polar surface area (TPSA) is 12.5 Å². The van der Waals surface area contributed by atoms with Crippen LogP contribution in [-0.4, -0.2) is 38.3 Å². The average Bonchev–Trinajstić information content (AvgIpc) is 2.05. The summed E-state index contributed by atoms with van der Waals surface area (Å²) >= 11 is 0. The number of likely N-dealkylation sites (N-methyl/N-ethyl adjacent to an activating group) is 1. The SMILES string of the molecule is CCN(CCOC)CCC(C)C. The van der Waals surface area contributed by atoms with E-state index in [4.69, 9.17) is 4.74 Å². The lowest BCUT2D eigenvalue weighted by atomic mass is 10.1. The molecule has 0 unspecified atom stereocenters. The molecular formula is C10H23NO. The first kappa shape index (κ1) is 11.9. The van der Waals surface area contributed by atoms with E-state index >= 15 is 0 Å². The molecule has 0 rings (SSSR count). The second-order valence-corrected chi connectivity index (χ2v) is 3.61. The molecule has 0 saturated heterocycles. The summed E-state index contributed by atoms with van der Waals surface area (Å²) in [5.74, 6) is 0.807. The molecule has 0 aliphatic heterocycles. The molecule has 0 atom stereocenters. The molecule has 0 aliphatic rings. The minimum Gasteiger partial charge on any atom is -0.383 e. The van der Waals surface area contributed by atoms with Crippen molar-refractivity contribution in [2.24, 2.45) is 5.92 Å².